The Labute approximate surface area is 90.1 Å². The number of fused-ring (bicyclic) bond motifs is 1. The molecule has 0 aliphatic heterocycles. The number of benzene rings is 1. The van der Waals surface area contributed by atoms with E-state index in [2.05, 4.69) is 0 Å². The average molecular weight is 231 g/mol. The predicted octanol–water partition coefficient (Wildman–Crippen LogP) is 4.09. The summed E-state index contributed by atoms with van der Waals surface area (Å²) in [6.45, 7) is 2.39. The molecule has 1 heterocycles. The van der Waals surface area contributed by atoms with Gasteiger partial charge in [0, 0.05) is 16.2 Å². The van der Waals surface area contributed by atoms with Crippen molar-refractivity contribution in [2.24, 2.45) is 0 Å². The molecule has 0 aliphatic rings. The first-order valence-electron chi connectivity index (χ1n) is 4.22. The molecule has 4 heteroatoms. The van der Waals surface area contributed by atoms with E-state index >= 15 is 0 Å². The van der Waals surface area contributed by atoms with Crippen LogP contribution >= 0.6 is 22.9 Å². The van der Waals surface area contributed by atoms with Gasteiger partial charge in [0.2, 0.25) is 0 Å². The van der Waals surface area contributed by atoms with Gasteiger partial charge < -0.3 is 4.74 Å². The van der Waals surface area contributed by atoms with Gasteiger partial charge in [-0.1, -0.05) is 11.6 Å². The number of ether oxygens (including phenoxy) is 1. The first-order valence-corrected chi connectivity index (χ1v) is 5.41. The average Bonchev–Trinajstić information content (AvgIpc) is 2.45. The maximum Gasteiger partial charge on any atom is 0.130 e. The summed E-state index contributed by atoms with van der Waals surface area (Å²) in [7, 11) is 0. The quantitative estimate of drug-likeness (QED) is 0.755. The van der Waals surface area contributed by atoms with Crippen molar-refractivity contribution in [3.8, 4) is 5.75 Å². The molecule has 0 aliphatic carbocycles. The minimum absolute atomic E-state index is 0.292. The molecule has 2 rings (SSSR count). The van der Waals surface area contributed by atoms with E-state index in [9.17, 15) is 4.39 Å². The van der Waals surface area contributed by atoms with Crippen LogP contribution in [0, 0.1) is 5.82 Å². The fraction of sp³-hybridized carbons (Fsp3) is 0.200. The Kier molecular flexibility index (Phi) is 2.61. The van der Waals surface area contributed by atoms with E-state index in [0.29, 0.717) is 16.7 Å². The van der Waals surface area contributed by atoms with Crippen molar-refractivity contribution in [3.05, 3.63) is 28.4 Å². The van der Waals surface area contributed by atoms with Crippen molar-refractivity contribution in [1.29, 1.82) is 0 Å². The molecule has 14 heavy (non-hydrogen) atoms. The van der Waals surface area contributed by atoms with Crippen molar-refractivity contribution in [2.45, 2.75) is 6.92 Å². The van der Waals surface area contributed by atoms with Gasteiger partial charge >= 0.3 is 0 Å². The third kappa shape index (κ3) is 1.70. The van der Waals surface area contributed by atoms with Gasteiger partial charge in [-0.25, -0.2) is 4.39 Å². The predicted molar refractivity (Wildman–Crippen MR) is 58.0 cm³/mol. The number of halogens is 2. The van der Waals surface area contributed by atoms with Crippen LogP contribution in [0.2, 0.25) is 4.34 Å². The van der Waals surface area contributed by atoms with Gasteiger partial charge in [0.05, 0.1) is 10.9 Å². The zero-order valence-electron chi connectivity index (χ0n) is 7.51. The Morgan fingerprint density at radius 1 is 1.43 bits per heavy atom. The molecule has 74 valence electrons. The summed E-state index contributed by atoms with van der Waals surface area (Å²) in [5.74, 6) is 0.269. The minimum atomic E-state index is -0.292. The molecule has 0 saturated carbocycles. The topological polar surface area (TPSA) is 9.23 Å². The number of thiophene rings is 1. The van der Waals surface area contributed by atoms with Gasteiger partial charge in [0.25, 0.3) is 0 Å². The molecular formula is C10H8ClFOS. The SMILES string of the molecule is CCOc1cc(F)cc2sc(Cl)cc12. The van der Waals surface area contributed by atoms with Gasteiger partial charge in [-0.2, -0.15) is 0 Å². The molecule has 0 atom stereocenters. The number of hydrogen-bond donors (Lipinski definition) is 0. The Morgan fingerprint density at radius 3 is 2.93 bits per heavy atom. The van der Waals surface area contributed by atoms with Crippen molar-refractivity contribution in [2.75, 3.05) is 6.61 Å². The van der Waals surface area contributed by atoms with Crippen LogP contribution in [0.1, 0.15) is 6.92 Å². The van der Waals surface area contributed by atoms with E-state index < -0.39 is 0 Å². The van der Waals surface area contributed by atoms with Crippen LogP contribution in [0.5, 0.6) is 5.75 Å². The lowest BCUT2D eigenvalue weighted by Gasteiger charge is -2.04. The lowest BCUT2D eigenvalue weighted by atomic mass is 10.2. The fourth-order valence-electron chi connectivity index (χ4n) is 1.32. The highest BCUT2D eigenvalue weighted by molar-refractivity contribution is 7.22. The van der Waals surface area contributed by atoms with Crippen molar-refractivity contribution in [3.63, 3.8) is 0 Å². The van der Waals surface area contributed by atoms with E-state index in [0.717, 1.165) is 10.1 Å². The summed E-state index contributed by atoms with van der Waals surface area (Å²) in [6.07, 6.45) is 0. The van der Waals surface area contributed by atoms with E-state index in [1.807, 2.05) is 6.92 Å². The summed E-state index contributed by atoms with van der Waals surface area (Å²) in [4.78, 5) is 0. The normalized spacial score (nSPS) is 10.8. The van der Waals surface area contributed by atoms with E-state index in [1.54, 1.807) is 6.07 Å². The number of rotatable bonds is 2. The zero-order chi connectivity index (χ0) is 10.1. The fourth-order valence-corrected chi connectivity index (χ4v) is 2.50. The molecule has 0 spiro atoms. The standard InChI is InChI=1S/C10H8ClFOS/c1-2-13-8-3-6(12)4-9-7(8)5-10(11)14-9/h3-5H,2H2,1H3. The van der Waals surface area contributed by atoms with Crippen LogP contribution in [0.4, 0.5) is 4.39 Å². The van der Waals surface area contributed by atoms with Crippen molar-refractivity contribution >= 4 is 33.0 Å². The molecule has 0 fully saturated rings. The first kappa shape index (κ1) is 9.74. The smallest absolute Gasteiger partial charge is 0.130 e. The van der Waals surface area contributed by atoms with Crippen LogP contribution in [0.15, 0.2) is 18.2 Å². The maximum atomic E-state index is 13.1. The van der Waals surface area contributed by atoms with Gasteiger partial charge in [-0.15, -0.1) is 11.3 Å². The van der Waals surface area contributed by atoms with E-state index in [-0.39, 0.29) is 5.82 Å². The second-order valence-electron chi connectivity index (χ2n) is 2.80. The molecule has 0 saturated heterocycles. The van der Waals surface area contributed by atoms with Crippen molar-refractivity contribution in [1.82, 2.24) is 0 Å². The molecule has 0 unspecified atom stereocenters. The Bertz CT molecular complexity index is 466. The Balaban J connectivity index is 2.66. The van der Waals surface area contributed by atoms with Gasteiger partial charge in [-0.05, 0) is 19.1 Å². The molecule has 1 nitrogen and oxygen atoms in total. The van der Waals surface area contributed by atoms with Gasteiger partial charge in [0.15, 0.2) is 0 Å². The van der Waals surface area contributed by atoms with Crippen LogP contribution < -0.4 is 4.74 Å². The number of hydrogen-bond acceptors (Lipinski definition) is 2. The Morgan fingerprint density at radius 2 is 2.21 bits per heavy atom. The van der Waals surface area contributed by atoms with E-state index in [1.165, 1.54) is 23.5 Å². The third-order valence-electron chi connectivity index (χ3n) is 1.83. The molecule has 0 N–H and O–H groups in total. The minimum Gasteiger partial charge on any atom is -0.493 e. The third-order valence-corrected chi connectivity index (χ3v) is 3.05. The second kappa shape index (κ2) is 3.75. The summed E-state index contributed by atoms with van der Waals surface area (Å²) < 4.78 is 19.9. The van der Waals surface area contributed by atoms with Crippen LogP contribution in [0.3, 0.4) is 0 Å². The highest BCUT2D eigenvalue weighted by Crippen LogP contribution is 2.36. The molecule has 1 aromatic heterocycles. The summed E-state index contributed by atoms with van der Waals surface area (Å²) in [6, 6.07) is 4.65. The molecule has 0 radical (unpaired) electrons. The largest absolute Gasteiger partial charge is 0.493 e. The zero-order valence-corrected chi connectivity index (χ0v) is 9.08. The molecule has 0 amide bonds. The second-order valence-corrected chi connectivity index (χ2v) is 4.51. The monoisotopic (exact) mass is 230 g/mol. The van der Waals surface area contributed by atoms with Crippen LogP contribution in [0.25, 0.3) is 10.1 Å². The lowest BCUT2D eigenvalue weighted by molar-refractivity contribution is 0.342. The summed E-state index contributed by atoms with van der Waals surface area (Å²) in [5.41, 5.74) is 0. The van der Waals surface area contributed by atoms with Crippen LogP contribution in [-0.2, 0) is 0 Å². The molecule has 0 bridgehead atoms. The highest BCUT2D eigenvalue weighted by atomic mass is 35.5. The summed E-state index contributed by atoms with van der Waals surface area (Å²) in [5, 5.41) is 0.878. The first-order chi connectivity index (χ1) is 6.70. The molecular weight excluding hydrogens is 223 g/mol. The van der Waals surface area contributed by atoms with E-state index in [4.69, 9.17) is 16.3 Å². The van der Waals surface area contributed by atoms with Crippen LogP contribution in [-0.4, -0.2) is 6.61 Å². The van der Waals surface area contributed by atoms with Gasteiger partial charge in [-0.3, -0.25) is 0 Å². The summed E-state index contributed by atoms with van der Waals surface area (Å²) >= 11 is 7.20. The lowest BCUT2D eigenvalue weighted by Crippen LogP contribution is -1.92. The molecule has 2 aromatic rings. The Hall–Kier alpha value is -0.800. The van der Waals surface area contributed by atoms with Crippen molar-refractivity contribution < 1.29 is 9.13 Å². The molecule has 1 aromatic carbocycles. The van der Waals surface area contributed by atoms with Gasteiger partial charge in [0.1, 0.15) is 11.6 Å². The highest BCUT2D eigenvalue weighted by Gasteiger charge is 2.08. The maximum absolute atomic E-state index is 13.1.